The van der Waals surface area contributed by atoms with Crippen LogP contribution >= 0.6 is 0 Å². The van der Waals surface area contributed by atoms with Gasteiger partial charge in [0.05, 0.1) is 11.7 Å². The SMILES string of the molecule is CC1(C)C[C@](CNC[C@@H]2CCCO2)(CN2CCCC2)CCO1. The van der Waals surface area contributed by atoms with E-state index in [0.717, 1.165) is 32.7 Å². The highest BCUT2D eigenvalue weighted by Crippen LogP contribution is 2.39. The second kappa shape index (κ2) is 7.16. The Labute approximate surface area is 135 Å². The van der Waals surface area contributed by atoms with Crippen LogP contribution in [0.2, 0.25) is 0 Å². The molecule has 3 heterocycles. The molecule has 2 atom stereocenters. The Hall–Kier alpha value is -0.160. The minimum Gasteiger partial charge on any atom is -0.377 e. The van der Waals surface area contributed by atoms with E-state index in [2.05, 4.69) is 24.1 Å². The smallest absolute Gasteiger partial charge is 0.0700 e. The fourth-order valence-corrected chi connectivity index (χ4v) is 4.65. The van der Waals surface area contributed by atoms with Gasteiger partial charge in [0, 0.05) is 38.3 Å². The van der Waals surface area contributed by atoms with Gasteiger partial charge < -0.3 is 19.7 Å². The maximum atomic E-state index is 5.99. The molecule has 0 bridgehead atoms. The molecule has 0 aromatic rings. The summed E-state index contributed by atoms with van der Waals surface area (Å²) in [7, 11) is 0. The molecule has 0 aromatic carbocycles. The first-order valence-electron chi connectivity index (χ1n) is 9.26. The van der Waals surface area contributed by atoms with Crippen molar-refractivity contribution in [3.8, 4) is 0 Å². The Morgan fingerprint density at radius 2 is 1.95 bits per heavy atom. The van der Waals surface area contributed by atoms with Crippen molar-refractivity contribution in [1.29, 1.82) is 0 Å². The number of rotatable bonds is 6. The number of ether oxygens (including phenoxy) is 2. The first kappa shape index (κ1) is 16.7. The average Bonchev–Trinajstić information content (AvgIpc) is 3.11. The van der Waals surface area contributed by atoms with Crippen molar-refractivity contribution in [2.45, 2.75) is 64.1 Å². The Morgan fingerprint density at radius 3 is 2.64 bits per heavy atom. The van der Waals surface area contributed by atoms with Gasteiger partial charge in [-0.3, -0.25) is 0 Å². The summed E-state index contributed by atoms with van der Waals surface area (Å²) in [6.45, 7) is 12.3. The van der Waals surface area contributed by atoms with E-state index in [1.165, 1.54) is 51.7 Å². The lowest BCUT2D eigenvalue weighted by Crippen LogP contribution is -2.52. The fraction of sp³-hybridized carbons (Fsp3) is 1.00. The zero-order chi connectivity index (χ0) is 15.5. The maximum Gasteiger partial charge on any atom is 0.0700 e. The Morgan fingerprint density at radius 1 is 1.14 bits per heavy atom. The van der Waals surface area contributed by atoms with Crippen molar-refractivity contribution >= 4 is 0 Å². The normalized spacial score (nSPS) is 36.0. The van der Waals surface area contributed by atoms with E-state index in [1.807, 2.05) is 0 Å². The number of hydrogen-bond donors (Lipinski definition) is 1. The molecule has 0 radical (unpaired) electrons. The molecular weight excluding hydrogens is 276 g/mol. The first-order chi connectivity index (χ1) is 10.6. The Bertz CT molecular complexity index is 349. The van der Waals surface area contributed by atoms with Gasteiger partial charge in [0.25, 0.3) is 0 Å². The molecule has 3 aliphatic heterocycles. The van der Waals surface area contributed by atoms with Crippen molar-refractivity contribution in [1.82, 2.24) is 10.2 Å². The highest BCUT2D eigenvalue weighted by Gasteiger charge is 2.42. The van der Waals surface area contributed by atoms with Gasteiger partial charge in [-0.15, -0.1) is 0 Å². The second-order valence-corrected chi connectivity index (χ2v) is 8.28. The molecule has 0 saturated carbocycles. The van der Waals surface area contributed by atoms with Gasteiger partial charge in [0.1, 0.15) is 0 Å². The predicted octanol–water partition coefficient (Wildman–Crippen LogP) is 2.43. The number of nitrogens with zero attached hydrogens (tertiary/aromatic N) is 1. The van der Waals surface area contributed by atoms with Crippen LogP contribution in [-0.2, 0) is 9.47 Å². The number of nitrogens with one attached hydrogen (secondary N) is 1. The van der Waals surface area contributed by atoms with Crippen LogP contribution in [0.1, 0.15) is 52.4 Å². The van der Waals surface area contributed by atoms with Gasteiger partial charge in [-0.05, 0) is 65.5 Å². The zero-order valence-electron chi connectivity index (χ0n) is 14.5. The summed E-state index contributed by atoms with van der Waals surface area (Å²) >= 11 is 0. The highest BCUT2D eigenvalue weighted by molar-refractivity contribution is 4.94. The molecule has 128 valence electrons. The molecular formula is C18H34N2O2. The maximum absolute atomic E-state index is 5.99. The topological polar surface area (TPSA) is 33.7 Å². The lowest BCUT2D eigenvalue weighted by Gasteiger charge is -2.47. The monoisotopic (exact) mass is 310 g/mol. The largest absolute Gasteiger partial charge is 0.377 e. The number of likely N-dealkylation sites (tertiary alicyclic amines) is 1. The third-order valence-corrected chi connectivity index (χ3v) is 5.58. The molecule has 3 saturated heterocycles. The summed E-state index contributed by atoms with van der Waals surface area (Å²) in [5, 5.41) is 3.74. The van der Waals surface area contributed by atoms with E-state index in [-0.39, 0.29) is 5.60 Å². The Balaban J connectivity index is 1.57. The standard InChI is InChI=1S/C18H34N2O2/c1-17(2)13-18(7-11-22-17,15-20-8-3-4-9-20)14-19-12-16-6-5-10-21-16/h16,19H,3-15H2,1-2H3/t16-,18+/m0/s1. The van der Waals surface area contributed by atoms with Gasteiger partial charge in [-0.25, -0.2) is 0 Å². The van der Waals surface area contributed by atoms with Crippen molar-refractivity contribution < 1.29 is 9.47 Å². The lowest BCUT2D eigenvalue weighted by atomic mass is 9.73. The van der Waals surface area contributed by atoms with Crippen LogP contribution in [-0.4, -0.2) is 62.5 Å². The highest BCUT2D eigenvalue weighted by atomic mass is 16.5. The van der Waals surface area contributed by atoms with Crippen LogP contribution in [0.4, 0.5) is 0 Å². The van der Waals surface area contributed by atoms with Crippen LogP contribution in [0.15, 0.2) is 0 Å². The van der Waals surface area contributed by atoms with Crippen molar-refractivity contribution in [2.24, 2.45) is 5.41 Å². The van der Waals surface area contributed by atoms with E-state index in [4.69, 9.17) is 9.47 Å². The summed E-state index contributed by atoms with van der Waals surface area (Å²) in [6, 6.07) is 0. The summed E-state index contributed by atoms with van der Waals surface area (Å²) in [5.41, 5.74) is 0.383. The van der Waals surface area contributed by atoms with Gasteiger partial charge in [-0.1, -0.05) is 0 Å². The molecule has 0 aromatic heterocycles. The first-order valence-corrected chi connectivity index (χ1v) is 9.26. The van der Waals surface area contributed by atoms with E-state index >= 15 is 0 Å². The van der Waals surface area contributed by atoms with Crippen LogP contribution in [0.5, 0.6) is 0 Å². The van der Waals surface area contributed by atoms with E-state index in [1.54, 1.807) is 0 Å². The number of hydrogen-bond acceptors (Lipinski definition) is 4. The molecule has 3 rings (SSSR count). The minimum absolute atomic E-state index is 0.0174. The van der Waals surface area contributed by atoms with Gasteiger partial charge >= 0.3 is 0 Å². The van der Waals surface area contributed by atoms with E-state index in [9.17, 15) is 0 Å². The van der Waals surface area contributed by atoms with E-state index < -0.39 is 0 Å². The lowest BCUT2D eigenvalue weighted by molar-refractivity contribution is -0.110. The van der Waals surface area contributed by atoms with Crippen molar-refractivity contribution in [3.63, 3.8) is 0 Å². The molecule has 0 aliphatic carbocycles. The molecule has 0 spiro atoms. The molecule has 4 nitrogen and oxygen atoms in total. The second-order valence-electron chi connectivity index (χ2n) is 8.28. The fourth-order valence-electron chi connectivity index (χ4n) is 4.65. The zero-order valence-corrected chi connectivity index (χ0v) is 14.5. The van der Waals surface area contributed by atoms with Crippen LogP contribution in [0.25, 0.3) is 0 Å². The predicted molar refractivity (Wildman–Crippen MR) is 89.2 cm³/mol. The summed E-state index contributed by atoms with van der Waals surface area (Å²) in [4.78, 5) is 2.68. The molecule has 1 N–H and O–H groups in total. The van der Waals surface area contributed by atoms with Crippen molar-refractivity contribution in [2.75, 3.05) is 45.9 Å². The summed E-state index contributed by atoms with van der Waals surface area (Å²) < 4.78 is 11.7. The summed E-state index contributed by atoms with van der Waals surface area (Å²) in [6.07, 6.45) is 7.99. The average molecular weight is 310 g/mol. The van der Waals surface area contributed by atoms with Gasteiger partial charge in [0.15, 0.2) is 0 Å². The molecule has 22 heavy (non-hydrogen) atoms. The van der Waals surface area contributed by atoms with E-state index in [0.29, 0.717) is 11.5 Å². The molecule has 3 aliphatic rings. The van der Waals surface area contributed by atoms with Gasteiger partial charge in [0.2, 0.25) is 0 Å². The van der Waals surface area contributed by atoms with Crippen molar-refractivity contribution in [3.05, 3.63) is 0 Å². The molecule has 0 unspecified atom stereocenters. The quantitative estimate of drug-likeness (QED) is 0.817. The molecule has 0 amide bonds. The third-order valence-electron chi connectivity index (χ3n) is 5.58. The van der Waals surface area contributed by atoms with Crippen LogP contribution in [0, 0.1) is 5.41 Å². The molecule has 3 fully saturated rings. The minimum atomic E-state index is 0.0174. The van der Waals surface area contributed by atoms with Crippen LogP contribution in [0.3, 0.4) is 0 Å². The molecule has 4 heteroatoms. The summed E-state index contributed by atoms with van der Waals surface area (Å²) in [5.74, 6) is 0. The Kier molecular flexibility index (Phi) is 5.43. The third kappa shape index (κ3) is 4.44. The van der Waals surface area contributed by atoms with Gasteiger partial charge in [-0.2, -0.15) is 0 Å². The van der Waals surface area contributed by atoms with Crippen LogP contribution < -0.4 is 5.32 Å².